The fourth-order valence-electron chi connectivity index (χ4n) is 2.88. The van der Waals surface area contributed by atoms with Crippen molar-refractivity contribution in [2.75, 3.05) is 11.9 Å². The highest BCUT2D eigenvalue weighted by molar-refractivity contribution is 9.10. The van der Waals surface area contributed by atoms with Crippen LogP contribution in [-0.2, 0) is 4.79 Å². The SMILES string of the molecule is Cc1ccc(OCCCC(=O)Nc2nc(-c3ccc(Br)cc3)c(C)s2)c(C)c1. The van der Waals surface area contributed by atoms with E-state index in [1.165, 1.54) is 16.9 Å². The highest BCUT2D eigenvalue weighted by Gasteiger charge is 2.12. The van der Waals surface area contributed by atoms with Gasteiger partial charge >= 0.3 is 0 Å². The first-order valence-corrected chi connectivity index (χ1v) is 10.8. The Kier molecular flexibility index (Phi) is 6.86. The van der Waals surface area contributed by atoms with Crippen LogP contribution in [0.2, 0.25) is 0 Å². The molecule has 3 aromatic rings. The highest BCUT2D eigenvalue weighted by atomic mass is 79.9. The third-order valence-corrected chi connectivity index (χ3v) is 5.71. The summed E-state index contributed by atoms with van der Waals surface area (Å²) in [6, 6.07) is 14.1. The van der Waals surface area contributed by atoms with Crippen LogP contribution < -0.4 is 10.1 Å². The molecule has 2 aromatic carbocycles. The lowest BCUT2D eigenvalue weighted by molar-refractivity contribution is -0.116. The lowest BCUT2D eigenvalue weighted by Gasteiger charge is -2.09. The lowest BCUT2D eigenvalue weighted by Crippen LogP contribution is -2.12. The van der Waals surface area contributed by atoms with E-state index in [-0.39, 0.29) is 5.91 Å². The molecule has 0 saturated heterocycles. The van der Waals surface area contributed by atoms with E-state index in [2.05, 4.69) is 39.2 Å². The molecule has 0 aliphatic rings. The van der Waals surface area contributed by atoms with Crippen LogP contribution in [0.5, 0.6) is 5.75 Å². The van der Waals surface area contributed by atoms with Gasteiger partial charge in [0.25, 0.3) is 0 Å². The van der Waals surface area contributed by atoms with Crippen molar-refractivity contribution < 1.29 is 9.53 Å². The van der Waals surface area contributed by atoms with E-state index in [9.17, 15) is 4.79 Å². The minimum Gasteiger partial charge on any atom is -0.493 e. The van der Waals surface area contributed by atoms with E-state index in [1.54, 1.807) is 0 Å². The van der Waals surface area contributed by atoms with Gasteiger partial charge in [0.1, 0.15) is 5.75 Å². The second-order valence-electron chi connectivity index (χ2n) is 6.70. The molecule has 1 aromatic heterocycles. The number of halogens is 1. The molecule has 6 heteroatoms. The third kappa shape index (κ3) is 5.42. The zero-order chi connectivity index (χ0) is 20.1. The summed E-state index contributed by atoms with van der Waals surface area (Å²) in [4.78, 5) is 17.9. The molecule has 0 fully saturated rings. The summed E-state index contributed by atoms with van der Waals surface area (Å²) in [5.74, 6) is 0.834. The van der Waals surface area contributed by atoms with Gasteiger partial charge in [-0.3, -0.25) is 4.79 Å². The van der Waals surface area contributed by atoms with E-state index < -0.39 is 0 Å². The quantitative estimate of drug-likeness (QED) is 0.422. The van der Waals surface area contributed by atoms with E-state index in [4.69, 9.17) is 4.74 Å². The van der Waals surface area contributed by atoms with Crippen LogP contribution >= 0.6 is 27.3 Å². The Hall–Kier alpha value is -2.18. The maximum Gasteiger partial charge on any atom is 0.226 e. The molecule has 0 bridgehead atoms. The van der Waals surface area contributed by atoms with E-state index in [0.29, 0.717) is 24.6 Å². The molecule has 0 atom stereocenters. The van der Waals surface area contributed by atoms with Crippen molar-refractivity contribution in [2.45, 2.75) is 33.6 Å². The number of benzene rings is 2. The number of thiazole rings is 1. The van der Waals surface area contributed by atoms with Crippen LogP contribution in [0.15, 0.2) is 46.9 Å². The first-order chi connectivity index (χ1) is 13.4. The summed E-state index contributed by atoms with van der Waals surface area (Å²) in [7, 11) is 0. The predicted octanol–water partition coefficient (Wildman–Crippen LogP) is 6.30. The molecule has 0 unspecified atom stereocenters. The van der Waals surface area contributed by atoms with Crippen LogP contribution in [0.1, 0.15) is 28.8 Å². The molecule has 146 valence electrons. The summed E-state index contributed by atoms with van der Waals surface area (Å²) in [5, 5.41) is 3.54. The Labute approximate surface area is 178 Å². The van der Waals surface area contributed by atoms with Gasteiger partial charge in [-0.2, -0.15) is 0 Å². The number of aryl methyl sites for hydroxylation is 3. The molecule has 1 heterocycles. The molecule has 0 radical (unpaired) electrons. The van der Waals surface area contributed by atoms with Gasteiger partial charge in [-0.05, 0) is 51.0 Å². The number of hydrogen-bond acceptors (Lipinski definition) is 4. The average Bonchev–Trinajstić information content (AvgIpc) is 3.01. The van der Waals surface area contributed by atoms with Gasteiger partial charge in [0.15, 0.2) is 5.13 Å². The average molecular weight is 459 g/mol. The second-order valence-corrected chi connectivity index (χ2v) is 8.82. The Morgan fingerprint density at radius 1 is 1.14 bits per heavy atom. The molecular formula is C22H23BrN2O2S. The standard InChI is InChI=1S/C22H23BrN2O2S/c1-14-6-11-19(15(2)13-14)27-12-4-5-20(26)24-22-25-21(16(3)28-22)17-7-9-18(23)10-8-17/h6-11,13H,4-5,12H2,1-3H3,(H,24,25,26). The number of carbonyl (C=O) groups excluding carboxylic acids is 1. The van der Waals surface area contributed by atoms with Crippen molar-refractivity contribution >= 4 is 38.3 Å². The molecule has 1 N–H and O–H groups in total. The minimum atomic E-state index is -0.0414. The number of anilines is 1. The van der Waals surface area contributed by atoms with E-state index in [1.807, 2.05) is 50.2 Å². The Morgan fingerprint density at radius 3 is 2.61 bits per heavy atom. The maximum absolute atomic E-state index is 12.2. The van der Waals surface area contributed by atoms with Crippen molar-refractivity contribution in [3.8, 4) is 17.0 Å². The van der Waals surface area contributed by atoms with Crippen molar-refractivity contribution in [3.05, 3.63) is 62.9 Å². The normalized spacial score (nSPS) is 10.7. The number of carbonyl (C=O) groups is 1. The molecule has 0 spiro atoms. The Bertz CT molecular complexity index is 967. The Morgan fingerprint density at radius 2 is 1.89 bits per heavy atom. The largest absolute Gasteiger partial charge is 0.493 e. The topological polar surface area (TPSA) is 51.2 Å². The number of nitrogens with zero attached hydrogens (tertiary/aromatic N) is 1. The zero-order valence-corrected chi connectivity index (χ0v) is 18.6. The van der Waals surface area contributed by atoms with Gasteiger partial charge in [-0.25, -0.2) is 4.98 Å². The summed E-state index contributed by atoms with van der Waals surface area (Å²) in [6.45, 7) is 6.62. The predicted molar refractivity (Wildman–Crippen MR) is 119 cm³/mol. The van der Waals surface area contributed by atoms with Gasteiger partial charge in [-0.15, -0.1) is 11.3 Å². The molecule has 4 nitrogen and oxygen atoms in total. The van der Waals surface area contributed by atoms with Gasteiger partial charge in [0, 0.05) is 21.3 Å². The first-order valence-electron chi connectivity index (χ1n) is 9.15. The van der Waals surface area contributed by atoms with Crippen LogP contribution in [0.3, 0.4) is 0 Å². The van der Waals surface area contributed by atoms with E-state index in [0.717, 1.165) is 31.9 Å². The van der Waals surface area contributed by atoms with Crippen molar-refractivity contribution in [2.24, 2.45) is 0 Å². The van der Waals surface area contributed by atoms with Gasteiger partial charge in [0.2, 0.25) is 5.91 Å². The van der Waals surface area contributed by atoms with Gasteiger partial charge < -0.3 is 10.1 Å². The number of ether oxygens (including phenoxy) is 1. The molecule has 0 saturated carbocycles. The zero-order valence-electron chi connectivity index (χ0n) is 16.2. The second kappa shape index (κ2) is 9.34. The van der Waals surface area contributed by atoms with Gasteiger partial charge in [-0.1, -0.05) is 45.8 Å². The number of amides is 1. The number of aromatic nitrogens is 1. The van der Waals surface area contributed by atoms with Crippen LogP contribution in [-0.4, -0.2) is 17.5 Å². The summed E-state index contributed by atoms with van der Waals surface area (Å²) in [6.07, 6.45) is 1.06. The first kappa shape index (κ1) is 20.6. The molecule has 28 heavy (non-hydrogen) atoms. The Balaban J connectivity index is 1.50. The van der Waals surface area contributed by atoms with Crippen LogP contribution in [0.25, 0.3) is 11.3 Å². The monoisotopic (exact) mass is 458 g/mol. The molecule has 3 rings (SSSR count). The molecule has 1 amide bonds. The van der Waals surface area contributed by atoms with Crippen molar-refractivity contribution in [1.29, 1.82) is 0 Å². The smallest absolute Gasteiger partial charge is 0.226 e. The minimum absolute atomic E-state index is 0.0414. The fraction of sp³-hybridized carbons (Fsp3) is 0.273. The maximum atomic E-state index is 12.2. The van der Waals surface area contributed by atoms with E-state index >= 15 is 0 Å². The number of hydrogen-bond donors (Lipinski definition) is 1. The summed E-state index contributed by atoms with van der Waals surface area (Å²) >= 11 is 4.94. The molecule has 0 aliphatic heterocycles. The summed E-state index contributed by atoms with van der Waals surface area (Å²) in [5.41, 5.74) is 4.28. The number of rotatable bonds is 7. The van der Waals surface area contributed by atoms with Crippen molar-refractivity contribution in [3.63, 3.8) is 0 Å². The molecular weight excluding hydrogens is 436 g/mol. The third-order valence-electron chi connectivity index (χ3n) is 4.30. The van der Waals surface area contributed by atoms with Crippen LogP contribution in [0.4, 0.5) is 5.13 Å². The van der Waals surface area contributed by atoms with Gasteiger partial charge in [0.05, 0.1) is 12.3 Å². The fourth-order valence-corrected chi connectivity index (χ4v) is 4.00. The number of nitrogens with one attached hydrogen (secondary N) is 1. The summed E-state index contributed by atoms with van der Waals surface area (Å²) < 4.78 is 6.81. The highest BCUT2D eigenvalue weighted by Crippen LogP contribution is 2.31. The molecule has 0 aliphatic carbocycles. The van der Waals surface area contributed by atoms with Crippen molar-refractivity contribution in [1.82, 2.24) is 4.98 Å². The van der Waals surface area contributed by atoms with Crippen LogP contribution in [0, 0.1) is 20.8 Å². The lowest BCUT2D eigenvalue weighted by atomic mass is 10.1.